The molecule has 2 amide bonds. The van der Waals surface area contributed by atoms with E-state index in [1.165, 1.54) is 4.88 Å². The second kappa shape index (κ2) is 8.49. The molecule has 0 aliphatic carbocycles. The lowest BCUT2D eigenvalue weighted by molar-refractivity contribution is 0.0952. The van der Waals surface area contributed by atoms with Crippen molar-refractivity contribution in [3.8, 4) is 0 Å². The van der Waals surface area contributed by atoms with Gasteiger partial charge in [0.1, 0.15) is 0 Å². The third-order valence-electron chi connectivity index (χ3n) is 3.82. The number of aromatic nitrogens is 1. The van der Waals surface area contributed by atoms with Crippen molar-refractivity contribution in [2.75, 3.05) is 11.9 Å². The molecule has 0 bridgehead atoms. The number of carbonyl (C=O) groups excluding carboxylic acids is 2. The molecule has 140 valence electrons. The van der Waals surface area contributed by atoms with Gasteiger partial charge in [0.2, 0.25) is 0 Å². The van der Waals surface area contributed by atoms with Crippen molar-refractivity contribution in [2.45, 2.75) is 20.3 Å². The third kappa shape index (κ3) is 5.05. The predicted octanol–water partition coefficient (Wildman–Crippen LogP) is 4.34. The van der Waals surface area contributed by atoms with E-state index in [0.717, 1.165) is 17.1 Å². The summed E-state index contributed by atoms with van der Waals surface area (Å²) in [7, 11) is 0. The monoisotopic (exact) mass is 447 g/mol. The zero-order valence-corrected chi connectivity index (χ0v) is 17.2. The number of anilines is 1. The second-order valence-electron chi connectivity index (χ2n) is 5.89. The van der Waals surface area contributed by atoms with E-state index in [2.05, 4.69) is 31.5 Å². The van der Waals surface area contributed by atoms with Crippen LogP contribution in [0.5, 0.6) is 0 Å². The Hall–Kier alpha value is -2.45. The van der Waals surface area contributed by atoms with Crippen LogP contribution in [-0.2, 0) is 6.42 Å². The Bertz CT molecular complexity index is 980. The van der Waals surface area contributed by atoms with E-state index in [-0.39, 0.29) is 17.6 Å². The molecule has 0 aliphatic rings. The fourth-order valence-electron chi connectivity index (χ4n) is 2.56. The molecule has 27 heavy (non-hydrogen) atoms. The summed E-state index contributed by atoms with van der Waals surface area (Å²) in [6.07, 6.45) is 0.743. The Balaban J connectivity index is 1.58. The Morgan fingerprint density at radius 1 is 1.19 bits per heavy atom. The van der Waals surface area contributed by atoms with E-state index in [0.29, 0.717) is 22.5 Å². The Morgan fingerprint density at radius 3 is 2.67 bits per heavy atom. The van der Waals surface area contributed by atoms with Gasteiger partial charge in [0.05, 0.1) is 10.7 Å². The predicted molar refractivity (Wildman–Crippen MR) is 108 cm³/mol. The van der Waals surface area contributed by atoms with Crippen LogP contribution in [0, 0.1) is 13.8 Å². The molecule has 2 heterocycles. The quantitative estimate of drug-likeness (QED) is 0.588. The molecule has 0 aliphatic heterocycles. The smallest absolute Gasteiger partial charge is 0.291 e. The summed E-state index contributed by atoms with van der Waals surface area (Å²) in [6, 6.07) is 9.99. The number of amides is 2. The summed E-state index contributed by atoms with van der Waals surface area (Å²) in [4.78, 5) is 30.1. The maximum atomic E-state index is 12.4. The number of thiazole rings is 1. The van der Waals surface area contributed by atoms with Crippen LogP contribution in [0.1, 0.15) is 36.5 Å². The van der Waals surface area contributed by atoms with Gasteiger partial charge >= 0.3 is 0 Å². The molecular formula is C19H18BrN3O3S. The number of benzene rings is 1. The molecule has 8 heteroatoms. The topological polar surface area (TPSA) is 84.2 Å². The minimum absolute atomic E-state index is 0.187. The van der Waals surface area contributed by atoms with Crippen molar-refractivity contribution in [3.05, 3.63) is 68.0 Å². The molecule has 3 rings (SSSR count). The van der Waals surface area contributed by atoms with Crippen LogP contribution in [-0.4, -0.2) is 23.3 Å². The lowest BCUT2D eigenvalue weighted by Gasteiger charge is -2.07. The maximum absolute atomic E-state index is 12.4. The molecule has 2 aromatic heterocycles. The van der Waals surface area contributed by atoms with Crippen LogP contribution >= 0.6 is 27.3 Å². The highest BCUT2D eigenvalue weighted by atomic mass is 79.9. The Kier molecular flexibility index (Phi) is 6.08. The molecule has 0 atom stereocenters. The van der Waals surface area contributed by atoms with Crippen molar-refractivity contribution < 1.29 is 14.0 Å². The first-order chi connectivity index (χ1) is 12.9. The minimum atomic E-state index is -0.380. The average molecular weight is 448 g/mol. The van der Waals surface area contributed by atoms with Gasteiger partial charge in [0, 0.05) is 29.1 Å². The maximum Gasteiger partial charge on any atom is 0.291 e. The molecule has 6 nitrogen and oxygen atoms in total. The highest BCUT2D eigenvalue weighted by Crippen LogP contribution is 2.18. The van der Waals surface area contributed by atoms with E-state index in [9.17, 15) is 9.59 Å². The Morgan fingerprint density at radius 2 is 2.00 bits per heavy atom. The molecule has 0 saturated heterocycles. The van der Waals surface area contributed by atoms with E-state index < -0.39 is 0 Å². The number of nitrogens with one attached hydrogen (secondary N) is 2. The van der Waals surface area contributed by atoms with E-state index in [1.54, 1.807) is 47.7 Å². The third-order valence-corrected chi connectivity index (χ3v) is 5.38. The first-order valence-electron chi connectivity index (χ1n) is 8.30. The van der Waals surface area contributed by atoms with Crippen molar-refractivity contribution in [3.63, 3.8) is 0 Å². The van der Waals surface area contributed by atoms with Gasteiger partial charge in [-0.05, 0) is 60.1 Å². The minimum Gasteiger partial charge on any atom is -0.444 e. The summed E-state index contributed by atoms with van der Waals surface area (Å²) in [5.74, 6) is -0.382. The standard InChI is InChI=1S/C19H18BrN3O3S/c1-11-16(27-12(2)22-11)8-9-21-18(24)13-4-3-5-14(10-13)23-19(25)15-6-7-17(20)26-15/h3-7,10H,8-9H2,1-2H3,(H,21,24)(H,23,25). The molecule has 0 saturated carbocycles. The summed E-state index contributed by atoms with van der Waals surface area (Å²) in [6.45, 7) is 4.48. The van der Waals surface area contributed by atoms with Crippen LogP contribution in [0.15, 0.2) is 45.5 Å². The number of hydrogen-bond acceptors (Lipinski definition) is 5. The zero-order valence-electron chi connectivity index (χ0n) is 14.8. The highest BCUT2D eigenvalue weighted by Gasteiger charge is 2.12. The van der Waals surface area contributed by atoms with Crippen molar-refractivity contribution in [1.82, 2.24) is 10.3 Å². The van der Waals surface area contributed by atoms with E-state index in [1.807, 2.05) is 13.8 Å². The van der Waals surface area contributed by atoms with Crippen LogP contribution in [0.4, 0.5) is 5.69 Å². The summed E-state index contributed by atoms with van der Waals surface area (Å²) >= 11 is 4.81. The summed E-state index contributed by atoms with van der Waals surface area (Å²) < 4.78 is 5.70. The normalized spacial score (nSPS) is 10.6. The van der Waals surface area contributed by atoms with Crippen LogP contribution in [0.3, 0.4) is 0 Å². The van der Waals surface area contributed by atoms with E-state index >= 15 is 0 Å². The number of halogens is 1. The molecule has 2 N–H and O–H groups in total. The van der Waals surface area contributed by atoms with Gasteiger partial charge in [-0.25, -0.2) is 4.98 Å². The SMILES string of the molecule is Cc1nc(C)c(CCNC(=O)c2cccc(NC(=O)c3ccc(Br)o3)c2)s1. The van der Waals surface area contributed by atoms with Crippen molar-refractivity contribution >= 4 is 44.8 Å². The first-order valence-corrected chi connectivity index (χ1v) is 9.91. The molecule has 0 unspecified atom stereocenters. The van der Waals surface area contributed by atoms with Gasteiger partial charge in [-0.2, -0.15) is 0 Å². The molecule has 3 aromatic rings. The highest BCUT2D eigenvalue weighted by molar-refractivity contribution is 9.10. The van der Waals surface area contributed by atoms with Gasteiger partial charge < -0.3 is 15.1 Å². The average Bonchev–Trinajstić information content (AvgIpc) is 3.20. The molecule has 0 radical (unpaired) electrons. The number of carbonyl (C=O) groups is 2. The van der Waals surface area contributed by atoms with Gasteiger partial charge in [0.15, 0.2) is 10.4 Å². The molecule has 0 fully saturated rings. The number of hydrogen-bond donors (Lipinski definition) is 2. The summed E-state index contributed by atoms with van der Waals surface area (Å²) in [5.41, 5.74) is 2.01. The number of nitrogens with zero attached hydrogens (tertiary/aromatic N) is 1. The Labute approximate surface area is 169 Å². The number of rotatable bonds is 6. The lowest BCUT2D eigenvalue weighted by atomic mass is 10.2. The molecular weight excluding hydrogens is 430 g/mol. The van der Waals surface area contributed by atoms with Gasteiger partial charge in [-0.3, -0.25) is 9.59 Å². The van der Waals surface area contributed by atoms with Gasteiger partial charge in [-0.1, -0.05) is 6.07 Å². The van der Waals surface area contributed by atoms with E-state index in [4.69, 9.17) is 4.42 Å². The zero-order chi connectivity index (χ0) is 19.4. The molecule has 0 spiro atoms. The van der Waals surface area contributed by atoms with Crippen LogP contribution in [0.25, 0.3) is 0 Å². The number of furan rings is 1. The van der Waals surface area contributed by atoms with Crippen molar-refractivity contribution in [1.29, 1.82) is 0 Å². The van der Waals surface area contributed by atoms with Crippen LogP contribution in [0.2, 0.25) is 0 Å². The number of aryl methyl sites for hydroxylation is 2. The fourth-order valence-corrected chi connectivity index (χ4v) is 3.81. The van der Waals surface area contributed by atoms with Crippen molar-refractivity contribution in [2.24, 2.45) is 0 Å². The van der Waals surface area contributed by atoms with Gasteiger partial charge in [-0.15, -0.1) is 11.3 Å². The fraction of sp³-hybridized carbons (Fsp3) is 0.211. The molecule has 1 aromatic carbocycles. The first kappa shape index (κ1) is 19.3. The summed E-state index contributed by atoms with van der Waals surface area (Å²) in [5, 5.41) is 6.65. The van der Waals surface area contributed by atoms with Crippen LogP contribution < -0.4 is 10.6 Å². The lowest BCUT2D eigenvalue weighted by Crippen LogP contribution is -2.25. The largest absolute Gasteiger partial charge is 0.444 e. The second-order valence-corrected chi connectivity index (χ2v) is 7.96. The van der Waals surface area contributed by atoms with Gasteiger partial charge in [0.25, 0.3) is 11.8 Å².